The van der Waals surface area contributed by atoms with Gasteiger partial charge in [-0.2, -0.15) is 9.47 Å². The molecule has 2 aromatic heterocycles. The molecule has 0 radical (unpaired) electrons. The average molecular weight is 472 g/mol. The highest BCUT2D eigenvalue weighted by Gasteiger charge is 2.40. The molecule has 0 saturated heterocycles. The topological polar surface area (TPSA) is 76.7 Å². The lowest BCUT2D eigenvalue weighted by molar-refractivity contribution is 0.0133. The molecule has 0 spiro atoms. The number of benzene rings is 2. The van der Waals surface area contributed by atoms with E-state index < -0.39 is 22.5 Å². The minimum absolute atomic E-state index is 0.0249. The Bertz CT molecular complexity index is 1200. The Labute approximate surface area is 191 Å². The first-order chi connectivity index (χ1) is 15.4. The van der Waals surface area contributed by atoms with E-state index in [9.17, 15) is 13.9 Å². The van der Waals surface area contributed by atoms with Gasteiger partial charge in [0, 0.05) is 16.9 Å². The highest BCUT2D eigenvalue weighted by Crippen LogP contribution is 2.39. The van der Waals surface area contributed by atoms with Crippen LogP contribution in [0.5, 0.6) is 0 Å². The van der Waals surface area contributed by atoms with Crippen molar-refractivity contribution in [1.82, 2.24) is 24.1 Å². The van der Waals surface area contributed by atoms with Gasteiger partial charge in [-0.25, -0.2) is 23.4 Å². The molecule has 10 heteroatoms. The third kappa shape index (κ3) is 5.09. The highest BCUT2D eigenvalue weighted by atomic mass is 32.2. The summed E-state index contributed by atoms with van der Waals surface area (Å²) >= 11 is 2.45. The Morgan fingerprint density at radius 3 is 2.72 bits per heavy atom. The van der Waals surface area contributed by atoms with Crippen molar-refractivity contribution < 1.29 is 13.9 Å². The van der Waals surface area contributed by atoms with Crippen molar-refractivity contribution in [3.63, 3.8) is 0 Å². The van der Waals surface area contributed by atoms with Crippen molar-refractivity contribution in [1.29, 1.82) is 0 Å². The van der Waals surface area contributed by atoms with E-state index in [4.69, 9.17) is 0 Å². The first kappa shape index (κ1) is 22.3. The summed E-state index contributed by atoms with van der Waals surface area (Å²) in [5.41, 5.74) is -0.705. The molecule has 2 atom stereocenters. The van der Waals surface area contributed by atoms with Gasteiger partial charge in [0.25, 0.3) is 0 Å². The van der Waals surface area contributed by atoms with Crippen LogP contribution in [0.4, 0.5) is 8.78 Å². The first-order valence-electron chi connectivity index (χ1n) is 9.68. The maximum absolute atomic E-state index is 14.7. The molecule has 0 amide bonds. The molecule has 0 fully saturated rings. The molecule has 0 aliphatic rings. The van der Waals surface area contributed by atoms with Gasteiger partial charge in [0.05, 0.1) is 6.54 Å². The number of aromatic nitrogens is 5. The number of aliphatic hydroxyl groups is 1. The number of hydrogen-bond donors (Lipinski definition) is 1. The van der Waals surface area contributed by atoms with Gasteiger partial charge in [-0.05, 0) is 36.2 Å². The molecule has 164 valence electrons. The summed E-state index contributed by atoms with van der Waals surface area (Å²) in [5.74, 6) is -1.00. The molecule has 0 bridgehead atoms. The third-order valence-electron chi connectivity index (χ3n) is 4.86. The van der Waals surface area contributed by atoms with Gasteiger partial charge in [-0.3, -0.25) is 0 Å². The van der Waals surface area contributed by atoms with E-state index >= 15 is 0 Å². The van der Waals surface area contributed by atoms with Crippen LogP contribution < -0.4 is 0 Å². The fourth-order valence-corrected chi connectivity index (χ4v) is 5.12. The molecule has 4 rings (SSSR count). The summed E-state index contributed by atoms with van der Waals surface area (Å²) in [6, 6.07) is 12.9. The molecular formula is C22H19F2N5OS2. The van der Waals surface area contributed by atoms with Crippen LogP contribution in [0, 0.1) is 11.6 Å². The fourth-order valence-electron chi connectivity index (χ4n) is 3.15. The van der Waals surface area contributed by atoms with Gasteiger partial charge in [0.1, 0.15) is 29.9 Å². The van der Waals surface area contributed by atoms with Crippen molar-refractivity contribution in [2.45, 2.75) is 28.7 Å². The summed E-state index contributed by atoms with van der Waals surface area (Å²) in [7, 11) is 0. The molecule has 2 heterocycles. The van der Waals surface area contributed by atoms with Crippen molar-refractivity contribution in [3.8, 4) is 0 Å². The summed E-state index contributed by atoms with van der Waals surface area (Å²) in [6.45, 7) is 1.69. The highest BCUT2D eigenvalue weighted by molar-refractivity contribution is 8.01. The zero-order valence-corrected chi connectivity index (χ0v) is 18.6. The molecule has 4 aromatic rings. The van der Waals surface area contributed by atoms with E-state index in [0.29, 0.717) is 10.2 Å². The molecule has 0 aliphatic carbocycles. The van der Waals surface area contributed by atoms with Gasteiger partial charge in [0.2, 0.25) is 0 Å². The van der Waals surface area contributed by atoms with Gasteiger partial charge >= 0.3 is 0 Å². The van der Waals surface area contributed by atoms with Crippen LogP contribution in [0.2, 0.25) is 0 Å². The maximum Gasteiger partial charge on any atom is 0.170 e. The average Bonchev–Trinajstić information content (AvgIpc) is 3.45. The molecule has 1 unspecified atom stereocenters. The molecule has 32 heavy (non-hydrogen) atoms. The van der Waals surface area contributed by atoms with Gasteiger partial charge in [-0.1, -0.05) is 54.2 Å². The maximum atomic E-state index is 14.7. The predicted octanol–water partition coefficient (Wildman–Crippen LogP) is 4.65. The fraction of sp³-hybridized carbons (Fsp3) is 0.182. The lowest BCUT2D eigenvalue weighted by atomic mass is 9.90. The Morgan fingerprint density at radius 1 is 1.19 bits per heavy atom. The monoisotopic (exact) mass is 471 g/mol. The van der Waals surface area contributed by atoms with E-state index in [1.54, 1.807) is 6.92 Å². The van der Waals surface area contributed by atoms with Crippen LogP contribution in [0.3, 0.4) is 0 Å². The van der Waals surface area contributed by atoms with E-state index in [2.05, 4.69) is 19.4 Å². The van der Waals surface area contributed by atoms with E-state index in [0.717, 1.165) is 17.7 Å². The molecule has 6 nitrogen and oxygen atoms in total. The normalized spacial score (nSPS) is 14.5. The second kappa shape index (κ2) is 9.68. The summed E-state index contributed by atoms with van der Waals surface area (Å²) in [6.07, 6.45) is 6.48. The zero-order valence-electron chi connectivity index (χ0n) is 17.0. The van der Waals surface area contributed by atoms with Gasteiger partial charge < -0.3 is 5.11 Å². The third-order valence-corrected chi connectivity index (χ3v) is 6.94. The molecule has 0 saturated carbocycles. The smallest absolute Gasteiger partial charge is 0.170 e. The number of rotatable bonds is 8. The Hall–Kier alpha value is -2.95. The van der Waals surface area contributed by atoms with E-state index in [-0.39, 0.29) is 12.1 Å². The summed E-state index contributed by atoms with van der Waals surface area (Å²) in [4.78, 5) is 8.37. The predicted molar refractivity (Wildman–Crippen MR) is 121 cm³/mol. The minimum Gasteiger partial charge on any atom is -0.382 e. The van der Waals surface area contributed by atoms with Crippen LogP contribution >= 0.6 is 23.3 Å². The van der Waals surface area contributed by atoms with E-state index in [1.165, 1.54) is 46.7 Å². The number of nitrogens with zero attached hydrogens (tertiary/aromatic N) is 5. The van der Waals surface area contributed by atoms with Crippen molar-refractivity contribution in [2.24, 2.45) is 0 Å². The molecule has 1 N–H and O–H groups in total. The molecule has 2 aromatic carbocycles. The molecule has 0 aliphatic heterocycles. The van der Waals surface area contributed by atoms with Crippen molar-refractivity contribution >= 4 is 35.4 Å². The Morgan fingerprint density at radius 2 is 2.00 bits per heavy atom. The van der Waals surface area contributed by atoms with Crippen LogP contribution in [0.1, 0.15) is 23.9 Å². The number of hydrogen-bond acceptors (Lipinski definition) is 7. The first-order valence-corrected chi connectivity index (χ1v) is 11.3. The van der Waals surface area contributed by atoms with E-state index in [1.807, 2.05) is 42.5 Å². The second-order valence-electron chi connectivity index (χ2n) is 7.06. The van der Waals surface area contributed by atoms with Crippen molar-refractivity contribution in [2.75, 3.05) is 0 Å². The van der Waals surface area contributed by atoms with Crippen LogP contribution in [-0.4, -0.2) is 34.5 Å². The number of halogens is 2. The molecular weight excluding hydrogens is 452 g/mol. The van der Waals surface area contributed by atoms with Crippen LogP contribution in [-0.2, 0) is 12.1 Å². The minimum atomic E-state index is -1.71. The van der Waals surface area contributed by atoms with Gasteiger partial charge in [-0.15, -0.1) is 0 Å². The quantitative estimate of drug-likeness (QED) is 0.377. The number of thioether (sulfide) groups is 1. The largest absolute Gasteiger partial charge is 0.382 e. The Kier molecular flexibility index (Phi) is 6.73. The van der Waals surface area contributed by atoms with Crippen molar-refractivity contribution in [3.05, 3.63) is 89.8 Å². The summed E-state index contributed by atoms with van der Waals surface area (Å²) < 4.78 is 34.5. The Balaban J connectivity index is 1.57. The van der Waals surface area contributed by atoms with Crippen LogP contribution in [0.25, 0.3) is 12.2 Å². The lowest BCUT2D eigenvalue weighted by Gasteiger charge is -2.33. The standard InChI is InChI=1S/C22H19F2N5OS2/c1-15(31-21-27-20(28-32-21)10-7-16-5-3-2-4-6-16)22(30,12-29-14-25-13-26-29)18-9-8-17(23)11-19(18)24/h2-11,13-15,30H,12H2,1H3/t15-,22?/m1/s1. The second-order valence-corrected chi connectivity index (χ2v) is 9.40. The zero-order chi connectivity index (χ0) is 22.6. The SMILES string of the molecule is C[C@@H](Sc1nc(C=Cc2ccccc2)ns1)C(O)(Cn1cncn1)c1ccc(F)cc1F. The summed E-state index contributed by atoms with van der Waals surface area (Å²) in [5, 5.41) is 15.0. The van der Waals surface area contributed by atoms with Crippen LogP contribution in [0.15, 0.2) is 65.5 Å². The lowest BCUT2D eigenvalue weighted by Crippen LogP contribution is -2.41. The van der Waals surface area contributed by atoms with Gasteiger partial charge in [0.15, 0.2) is 10.2 Å².